The first kappa shape index (κ1) is 22.9. The van der Waals surface area contributed by atoms with Gasteiger partial charge in [0.05, 0.1) is 17.1 Å². The molecule has 9 heteroatoms. The third-order valence-corrected chi connectivity index (χ3v) is 5.83. The van der Waals surface area contributed by atoms with Gasteiger partial charge in [-0.05, 0) is 38.3 Å². The molecule has 0 fully saturated rings. The lowest BCUT2D eigenvalue weighted by Crippen LogP contribution is -2.41. The fraction of sp³-hybridized carbons (Fsp3) is 0.500. The van der Waals surface area contributed by atoms with Crippen LogP contribution in [0.25, 0.3) is 0 Å². The standard InChI is InChI=1S/C20H31N5O3S/c1-14(2)17-11-16(28-24-17)13-23-19(21-6)22-12-15-9-7-8-10-18(15)29(26,27)25-20(3,4)5/h7-11,14,25H,12-13H2,1-6H3,(H2,21,22,23). The number of hydrogen-bond donors (Lipinski definition) is 3. The van der Waals surface area contributed by atoms with Crippen molar-refractivity contribution in [3.63, 3.8) is 0 Å². The molecule has 1 heterocycles. The Hall–Kier alpha value is -2.39. The zero-order valence-corrected chi connectivity index (χ0v) is 18.7. The Morgan fingerprint density at radius 1 is 1.17 bits per heavy atom. The van der Waals surface area contributed by atoms with Gasteiger partial charge in [0.15, 0.2) is 11.7 Å². The first-order valence-corrected chi connectivity index (χ1v) is 11.0. The minimum atomic E-state index is -3.64. The monoisotopic (exact) mass is 421 g/mol. The number of nitrogens with zero attached hydrogens (tertiary/aromatic N) is 2. The molecule has 0 radical (unpaired) electrons. The molecule has 29 heavy (non-hydrogen) atoms. The maximum Gasteiger partial charge on any atom is 0.241 e. The average Bonchev–Trinajstić information content (AvgIpc) is 3.09. The van der Waals surface area contributed by atoms with Crippen LogP contribution in [0.5, 0.6) is 0 Å². The lowest BCUT2D eigenvalue weighted by atomic mass is 10.1. The number of aliphatic imine (C=N–C) groups is 1. The number of sulfonamides is 1. The van der Waals surface area contributed by atoms with Crippen LogP contribution in [0, 0.1) is 0 Å². The second-order valence-corrected chi connectivity index (χ2v) is 9.77. The molecular formula is C20H31N5O3S. The zero-order valence-electron chi connectivity index (χ0n) is 17.9. The molecule has 0 aliphatic heterocycles. The van der Waals surface area contributed by atoms with Crippen molar-refractivity contribution < 1.29 is 12.9 Å². The Kier molecular flexibility index (Phi) is 7.43. The summed E-state index contributed by atoms with van der Waals surface area (Å²) in [7, 11) is -1.99. The highest BCUT2D eigenvalue weighted by Gasteiger charge is 2.24. The summed E-state index contributed by atoms with van der Waals surface area (Å²) in [6.07, 6.45) is 0. The van der Waals surface area contributed by atoms with Crippen LogP contribution in [-0.2, 0) is 23.1 Å². The average molecular weight is 422 g/mol. The molecule has 0 aliphatic rings. The van der Waals surface area contributed by atoms with Crippen molar-refractivity contribution in [3.05, 3.63) is 47.3 Å². The van der Waals surface area contributed by atoms with Crippen LogP contribution < -0.4 is 15.4 Å². The van der Waals surface area contributed by atoms with E-state index in [-0.39, 0.29) is 4.90 Å². The fourth-order valence-electron chi connectivity index (χ4n) is 2.62. The van der Waals surface area contributed by atoms with E-state index in [1.807, 2.05) is 32.9 Å². The summed E-state index contributed by atoms with van der Waals surface area (Å²) in [6.45, 7) is 10.3. The maximum atomic E-state index is 12.7. The van der Waals surface area contributed by atoms with Gasteiger partial charge in [0.1, 0.15) is 0 Å². The number of guanidine groups is 1. The van der Waals surface area contributed by atoms with Gasteiger partial charge in [-0.3, -0.25) is 4.99 Å². The highest BCUT2D eigenvalue weighted by atomic mass is 32.2. The minimum Gasteiger partial charge on any atom is -0.359 e. The second kappa shape index (κ2) is 9.41. The molecule has 0 bridgehead atoms. The van der Waals surface area contributed by atoms with Crippen LogP contribution >= 0.6 is 0 Å². The van der Waals surface area contributed by atoms with E-state index in [4.69, 9.17) is 4.52 Å². The lowest BCUT2D eigenvalue weighted by molar-refractivity contribution is 0.372. The van der Waals surface area contributed by atoms with E-state index in [2.05, 4.69) is 39.4 Å². The van der Waals surface area contributed by atoms with E-state index >= 15 is 0 Å². The van der Waals surface area contributed by atoms with Gasteiger partial charge in [-0.2, -0.15) is 0 Å². The third-order valence-electron chi connectivity index (χ3n) is 3.97. The topological polar surface area (TPSA) is 109 Å². The maximum absolute atomic E-state index is 12.7. The molecule has 0 atom stereocenters. The van der Waals surface area contributed by atoms with Crippen molar-refractivity contribution in [1.29, 1.82) is 0 Å². The number of rotatable bonds is 7. The van der Waals surface area contributed by atoms with Crippen molar-refractivity contribution in [2.75, 3.05) is 7.05 Å². The highest BCUT2D eigenvalue weighted by Crippen LogP contribution is 2.18. The fourth-order valence-corrected chi connectivity index (χ4v) is 4.28. The Balaban J connectivity index is 2.04. The van der Waals surface area contributed by atoms with Gasteiger partial charge >= 0.3 is 0 Å². The van der Waals surface area contributed by atoms with Gasteiger partial charge in [0.25, 0.3) is 0 Å². The van der Waals surface area contributed by atoms with Crippen LogP contribution in [0.3, 0.4) is 0 Å². The van der Waals surface area contributed by atoms with Crippen LogP contribution in [0.15, 0.2) is 44.7 Å². The summed E-state index contributed by atoms with van der Waals surface area (Å²) in [5.74, 6) is 1.53. The molecule has 0 unspecified atom stereocenters. The van der Waals surface area contributed by atoms with Gasteiger partial charge in [0.2, 0.25) is 10.0 Å². The Morgan fingerprint density at radius 2 is 1.83 bits per heavy atom. The highest BCUT2D eigenvalue weighted by molar-refractivity contribution is 7.89. The summed E-state index contributed by atoms with van der Waals surface area (Å²) < 4.78 is 33.5. The number of aromatic nitrogens is 1. The predicted molar refractivity (Wildman–Crippen MR) is 114 cm³/mol. The molecule has 1 aromatic heterocycles. The molecule has 8 nitrogen and oxygen atoms in total. The largest absolute Gasteiger partial charge is 0.359 e. The van der Waals surface area contributed by atoms with E-state index in [1.165, 1.54) is 0 Å². The van der Waals surface area contributed by atoms with Crippen molar-refractivity contribution in [1.82, 2.24) is 20.5 Å². The van der Waals surface area contributed by atoms with Crippen LogP contribution in [-0.4, -0.2) is 32.1 Å². The summed E-state index contributed by atoms with van der Waals surface area (Å²) in [5, 5.41) is 10.3. The molecule has 0 saturated heterocycles. The summed E-state index contributed by atoms with van der Waals surface area (Å²) in [5.41, 5.74) is 0.979. The molecule has 160 valence electrons. The minimum absolute atomic E-state index is 0.245. The normalized spacial score (nSPS) is 13.0. The molecule has 0 aliphatic carbocycles. The first-order chi connectivity index (χ1) is 13.5. The molecule has 0 spiro atoms. The second-order valence-electron chi connectivity index (χ2n) is 8.12. The van der Waals surface area contributed by atoms with Crippen molar-refractivity contribution >= 4 is 16.0 Å². The van der Waals surface area contributed by atoms with E-state index in [0.717, 1.165) is 5.69 Å². The lowest BCUT2D eigenvalue weighted by Gasteiger charge is -2.22. The third kappa shape index (κ3) is 6.86. The van der Waals surface area contributed by atoms with Crippen LogP contribution in [0.2, 0.25) is 0 Å². The SMILES string of the molecule is CN=C(NCc1cc(C(C)C)no1)NCc1ccccc1S(=O)(=O)NC(C)(C)C. The van der Waals surface area contributed by atoms with E-state index in [1.54, 1.807) is 25.2 Å². The van der Waals surface area contributed by atoms with Gasteiger partial charge in [-0.15, -0.1) is 0 Å². The Morgan fingerprint density at radius 3 is 2.41 bits per heavy atom. The molecule has 1 aromatic carbocycles. The van der Waals surface area contributed by atoms with Gasteiger partial charge in [0, 0.05) is 25.2 Å². The number of benzene rings is 1. The smallest absolute Gasteiger partial charge is 0.241 e. The molecule has 2 aromatic rings. The summed E-state index contributed by atoms with van der Waals surface area (Å²) in [4.78, 5) is 4.42. The van der Waals surface area contributed by atoms with Crippen LogP contribution in [0.1, 0.15) is 57.6 Å². The summed E-state index contributed by atoms with van der Waals surface area (Å²) in [6, 6.07) is 8.81. The number of hydrogen-bond acceptors (Lipinski definition) is 5. The quantitative estimate of drug-likeness (QED) is 0.469. The zero-order chi connectivity index (χ0) is 21.7. The molecule has 3 N–H and O–H groups in total. The van der Waals surface area contributed by atoms with Crippen molar-refractivity contribution in [2.45, 2.75) is 64.1 Å². The number of nitrogens with one attached hydrogen (secondary N) is 3. The van der Waals surface area contributed by atoms with Crippen molar-refractivity contribution in [2.24, 2.45) is 4.99 Å². The molecule has 2 rings (SSSR count). The van der Waals surface area contributed by atoms with Crippen LogP contribution in [0.4, 0.5) is 0 Å². The Labute approximate surface area is 173 Å². The van der Waals surface area contributed by atoms with E-state index in [9.17, 15) is 8.42 Å². The van der Waals surface area contributed by atoms with Gasteiger partial charge in [-0.1, -0.05) is 37.2 Å². The summed E-state index contributed by atoms with van der Waals surface area (Å²) >= 11 is 0. The van der Waals surface area contributed by atoms with Gasteiger partial charge < -0.3 is 15.2 Å². The molecular weight excluding hydrogens is 390 g/mol. The van der Waals surface area contributed by atoms with Gasteiger partial charge in [-0.25, -0.2) is 13.1 Å². The molecule has 0 amide bonds. The first-order valence-electron chi connectivity index (χ1n) is 9.53. The Bertz CT molecular complexity index is 943. The predicted octanol–water partition coefficient (Wildman–Crippen LogP) is 2.74. The van der Waals surface area contributed by atoms with E-state index in [0.29, 0.717) is 36.3 Å². The molecule has 0 saturated carbocycles. The van der Waals surface area contributed by atoms with Crippen molar-refractivity contribution in [3.8, 4) is 0 Å². The van der Waals surface area contributed by atoms with E-state index < -0.39 is 15.6 Å².